The molecule has 0 saturated heterocycles. The molecular formula is C26H13Cl3N2OS2. The lowest BCUT2D eigenvalue weighted by atomic mass is 10.1. The summed E-state index contributed by atoms with van der Waals surface area (Å²) >= 11 is 22.2. The molecule has 0 aliphatic carbocycles. The number of para-hydroxylation sites is 1. The smallest absolute Gasteiger partial charge is 0.161 e. The van der Waals surface area contributed by atoms with Crippen molar-refractivity contribution in [2.24, 2.45) is 0 Å². The zero-order chi connectivity index (χ0) is 24.1. The predicted octanol–water partition coefficient (Wildman–Crippen LogP) is 9.48. The van der Waals surface area contributed by atoms with Crippen LogP contribution in [0.5, 0.6) is 11.5 Å². The molecule has 4 aromatic rings. The molecule has 34 heavy (non-hydrogen) atoms. The Labute approximate surface area is 220 Å². The monoisotopic (exact) mass is 538 g/mol. The summed E-state index contributed by atoms with van der Waals surface area (Å²) in [5.74, 6) is 0.744. The third-order valence-corrected chi connectivity index (χ3v) is 8.45. The van der Waals surface area contributed by atoms with Gasteiger partial charge in [-0.25, -0.2) is 0 Å². The second-order valence-electron chi connectivity index (χ2n) is 6.76. The summed E-state index contributed by atoms with van der Waals surface area (Å²) in [6.07, 6.45) is 0. The molecule has 0 aliphatic rings. The number of hydrogen-bond acceptors (Lipinski definition) is 5. The largest absolute Gasteiger partial charge is 0.455 e. The number of rotatable bonds is 6. The predicted molar refractivity (Wildman–Crippen MR) is 139 cm³/mol. The molecule has 0 aliphatic heterocycles. The average Bonchev–Trinajstić information content (AvgIpc) is 2.85. The van der Waals surface area contributed by atoms with E-state index in [1.165, 1.54) is 23.5 Å². The van der Waals surface area contributed by atoms with Crippen molar-refractivity contribution < 1.29 is 4.74 Å². The summed E-state index contributed by atoms with van der Waals surface area (Å²) in [7, 11) is 0. The van der Waals surface area contributed by atoms with E-state index in [9.17, 15) is 10.5 Å². The van der Waals surface area contributed by atoms with Crippen molar-refractivity contribution in [2.45, 2.75) is 19.6 Å². The van der Waals surface area contributed by atoms with Crippen LogP contribution in [-0.2, 0) is 0 Å². The first-order valence-electron chi connectivity index (χ1n) is 9.80. The lowest BCUT2D eigenvalue weighted by Crippen LogP contribution is -1.99. The molecule has 3 nitrogen and oxygen atoms in total. The molecule has 4 rings (SSSR count). The Hall–Kier alpha value is -2.77. The van der Waals surface area contributed by atoms with Crippen molar-refractivity contribution in [3.63, 3.8) is 0 Å². The molecule has 0 amide bonds. The highest BCUT2D eigenvalue weighted by Gasteiger charge is 2.27. The van der Waals surface area contributed by atoms with Crippen LogP contribution in [0, 0.1) is 22.7 Å². The summed E-state index contributed by atoms with van der Waals surface area (Å²) in [6, 6.07) is 27.9. The van der Waals surface area contributed by atoms with Crippen LogP contribution >= 0.6 is 58.3 Å². The minimum atomic E-state index is 0.0353. The quantitative estimate of drug-likeness (QED) is 0.244. The van der Waals surface area contributed by atoms with Gasteiger partial charge in [-0.15, -0.1) is 0 Å². The molecule has 0 atom stereocenters. The molecular weight excluding hydrogens is 527 g/mol. The Morgan fingerprint density at radius 3 is 1.65 bits per heavy atom. The Bertz CT molecular complexity index is 1450. The van der Waals surface area contributed by atoms with Crippen LogP contribution in [0.1, 0.15) is 11.1 Å². The fourth-order valence-corrected chi connectivity index (χ4v) is 6.06. The Morgan fingerprint density at radius 1 is 0.618 bits per heavy atom. The van der Waals surface area contributed by atoms with Crippen molar-refractivity contribution in [1.29, 1.82) is 10.5 Å². The van der Waals surface area contributed by atoms with E-state index in [-0.39, 0.29) is 21.9 Å². The molecule has 0 bridgehead atoms. The van der Waals surface area contributed by atoms with Gasteiger partial charge in [0.25, 0.3) is 0 Å². The van der Waals surface area contributed by atoms with Gasteiger partial charge in [-0.05, 0) is 36.4 Å². The topological polar surface area (TPSA) is 56.8 Å². The second kappa shape index (κ2) is 11.1. The van der Waals surface area contributed by atoms with Gasteiger partial charge >= 0.3 is 0 Å². The van der Waals surface area contributed by atoms with Crippen molar-refractivity contribution in [3.05, 3.63) is 105 Å². The molecule has 0 heterocycles. The normalized spacial score (nSPS) is 10.4. The zero-order valence-electron chi connectivity index (χ0n) is 17.3. The fourth-order valence-electron chi connectivity index (χ4n) is 3.03. The van der Waals surface area contributed by atoms with Gasteiger partial charge in [0.15, 0.2) is 5.75 Å². The van der Waals surface area contributed by atoms with Crippen molar-refractivity contribution in [1.82, 2.24) is 0 Å². The molecule has 0 unspecified atom stereocenters. The Kier molecular flexibility index (Phi) is 7.95. The molecule has 0 spiro atoms. The van der Waals surface area contributed by atoms with Crippen molar-refractivity contribution in [2.75, 3.05) is 0 Å². The number of ether oxygens (including phenoxy) is 1. The van der Waals surface area contributed by atoms with E-state index in [0.717, 1.165) is 9.79 Å². The van der Waals surface area contributed by atoms with Gasteiger partial charge in [-0.2, -0.15) is 10.5 Å². The van der Waals surface area contributed by atoms with Crippen LogP contribution in [-0.4, -0.2) is 0 Å². The highest BCUT2D eigenvalue weighted by Crippen LogP contribution is 2.53. The Morgan fingerprint density at radius 2 is 1.12 bits per heavy atom. The van der Waals surface area contributed by atoms with Crippen LogP contribution in [0.15, 0.2) is 98.4 Å². The van der Waals surface area contributed by atoms with Crippen LogP contribution in [0.2, 0.25) is 15.1 Å². The molecule has 8 heteroatoms. The summed E-state index contributed by atoms with van der Waals surface area (Å²) in [6.45, 7) is 0. The second-order valence-corrected chi connectivity index (χ2v) is 10.1. The minimum absolute atomic E-state index is 0.0353. The highest BCUT2D eigenvalue weighted by atomic mass is 35.5. The number of nitriles is 2. The van der Waals surface area contributed by atoms with Gasteiger partial charge in [-0.3, -0.25) is 0 Å². The van der Waals surface area contributed by atoms with Gasteiger partial charge in [0.05, 0.1) is 30.4 Å². The van der Waals surface area contributed by atoms with Crippen molar-refractivity contribution >= 4 is 58.3 Å². The van der Waals surface area contributed by atoms with E-state index < -0.39 is 0 Å². The van der Waals surface area contributed by atoms with E-state index >= 15 is 0 Å². The van der Waals surface area contributed by atoms with E-state index in [1.807, 2.05) is 54.6 Å². The van der Waals surface area contributed by atoms with E-state index in [4.69, 9.17) is 39.5 Å². The molecule has 0 radical (unpaired) electrons. The first-order chi connectivity index (χ1) is 16.5. The molecule has 0 aromatic heterocycles. The van der Waals surface area contributed by atoms with Crippen LogP contribution < -0.4 is 4.74 Å². The average molecular weight is 540 g/mol. The number of hydrogen-bond donors (Lipinski definition) is 0. The van der Waals surface area contributed by atoms with E-state index in [0.29, 0.717) is 25.6 Å². The molecule has 0 N–H and O–H groups in total. The van der Waals surface area contributed by atoms with Gasteiger partial charge in [0, 0.05) is 9.79 Å². The number of benzene rings is 4. The molecule has 4 aromatic carbocycles. The Balaban J connectivity index is 2.01. The highest BCUT2D eigenvalue weighted by molar-refractivity contribution is 8.02. The molecule has 0 saturated carbocycles. The van der Waals surface area contributed by atoms with Gasteiger partial charge in [-0.1, -0.05) is 101 Å². The van der Waals surface area contributed by atoms with Crippen LogP contribution in [0.3, 0.4) is 0 Å². The van der Waals surface area contributed by atoms with E-state index in [2.05, 4.69) is 12.1 Å². The maximum atomic E-state index is 10.00. The number of nitrogens with zero attached hydrogens (tertiary/aromatic N) is 2. The lowest BCUT2D eigenvalue weighted by Gasteiger charge is -2.19. The van der Waals surface area contributed by atoms with Gasteiger partial charge in [0.1, 0.15) is 23.5 Å². The first-order valence-corrected chi connectivity index (χ1v) is 12.6. The third kappa shape index (κ3) is 5.15. The first kappa shape index (κ1) is 24.4. The van der Waals surface area contributed by atoms with Crippen LogP contribution in [0.4, 0.5) is 0 Å². The minimum Gasteiger partial charge on any atom is -0.455 e. The molecule has 166 valence electrons. The summed E-state index contributed by atoms with van der Waals surface area (Å²) in [5.41, 5.74) is 0.0857. The lowest BCUT2D eigenvalue weighted by molar-refractivity contribution is 0.466. The van der Waals surface area contributed by atoms with Crippen LogP contribution in [0.25, 0.3) is 0 Å². The zero-order valence-corrected chi connectivity index (χ0v) is 21.2. The molecule has 0 fully saturated rings. The maximum absolute atomic E-state index is 10.00. The third-order valence-electron chi connectivity index (χ3n) is 4.59. The number of halogens is 3. The van der Waals surface area contributed by atoms with Crippen molar-refractivity contribution in [3.8, 4) is 23.6 Å². The fraction of sp³-hybridized carbons (Fsp3) is 0. The van der Waals surface area contributed by atoms with E-state index in [1.54, 1.807) is 24.3 Å². The summed E-state index contributed by atoms with van der Waals surface area (Å²) in [5, 5.41) is 21.1. The SMILES string of the molecule is N#Cc1c(Cl)c(Sc2ccccc2Cl)c(Sc2ccccc2Cl)c(Oc2ccccc2)c1C#N. The summed E-state index contributed by atoms with van der Waals surface area (Å²) in [4.78, 5) is 2.59. The standard InChI is InChI=1S/C26H13Cl3N2OS2/c27-19-10-4-6-12-21(19)33-25-23(29)17(14-30)18(15-31)24(32-16-8-2-1-3-9-16)26(25)34-22-13-7-5-11-20(22)28/h1-13H. The van der Waals surface area contributed by atoms with Gasteiger partial charge < -0.3 is 4.74 Å². The maximum Gasteiger partial charge on any atom is 0.161 e. The van der Waals surface area contributed by atoms with Gasteiger partial charge in [0.2, 0.25) is 0 Å². The summed E-state index contributed by atoms with van der Waals surface area (Å²) < 4.78 is 6.21.